The molecule has 0 spiro atoms. The van der Waals surface area contributed by atoms with Gasteiger partial charge in [0.15, 0.2) is 0 Å². The molecule has 116 valence electrons. The van der Waals surface area contributed by atoms with Gasteiger partial charge in [0.2, 0.25) is 0 Å². The Bertz CT molecular complexity index is 484. The number of nitrogens with two attached hydrogens (primary N) is 1. The first-order valence-electron chi connectivity index (χ1n) is 7.86. The summed E-state index contributed by atoms with van der Waals surface area (Å²) in [5.41, 5.74) is 7.81. The smallest absolute Gasteiger partial charge is 0.129 e. The summed E-state index contributed by atoms with van der Waals surface area (Å²) in [4.78, 5) is 2.96. The molecule has 1 aliphatic rings. The number of nitrogens with zero attached hydrogens (tertiary/aromatic N) is 1. The first-order valence-corrected chi connectivity index (χ1v) is 8.27. The summed E-state index contributed by atoms with van der Waals surface area (Å²) in [7, 11) is 1.67. The van der Waals surface area contributed by atoms with Crippen LogP contribution in [-0.4, -0.2) is 29.6 Å². The van der Waals surface area contributed by atoms with Crippen molar-refractivity contribution in [2.75, 3.05) is 13.7 Å². The molecule has 0 aliphatic heterocycles. The summed E-state index contributed by atoms with van der Waals surface area (Å²) < 4.78 is 5.42. The molecule has 0 amide bonds. The molecule has 0 saturated heterocycles. The predicted octanol–water partition coefficient (Wildman–Crippen LogP) is 3.48. The molecule has 0 unspecified atom stereocenters. The van der Waals surface area contributed by atoms with E-state index in [1.54, 1.807) is 7.11 Å². The lowest BCUT2D eigenvalue weighted by Gasteiger charge is -2.33. The summed E-state index contributed by atoms with van der Waals surface area (Å²) in [6, 6.07) is 6.89. The SMILES string of the molecule is CCN(Cc1ccc(C(N)=S)c(OC)c1)C1CCCCC1. The molecule has 2 N–H and O–H groups in total. The fraction of sp³-hybridized carbons (Fsp3) is 0.588. The average Bonchev–Trinajstić information content (AvgIpc) is 2.53. The molecule has 1 saturated carbocycles. The van der Waals surface area contributed by atoms with Crippen molar-refractivity contribution in [2.45, 2.75) is 51.6 Å². The third-order valence-corrected chi connectivity index (χ3v) is 4.63. The van der Waals surface area contributed by atoms with E-state index in [1.807, 2.05) is 6.07 Å². The minimum atomic E-state index is 0.387. The van der Waals surface area contributed by atoms with E-state index in [4.69, 9.17) is 22.7 Å². The second-order valence-corrected chi connectivity index (χ2v) is 6.19. The van der Waals surface area contributed by atoms with E-state index >= 15 is 0 Å². The minimum absolute atomic E-state index is 0.387. The molecule has 0 aromatic heterocycles. The number of ether oxygens (including phenoxy) is 1. The lowest BCUT2D eigenvalue weighted by atomic mass is 9.94. The van der Waals surface area contributed by atoms with Crippen LogP contribution < -0.4 is 10.5 Å². The maximum absolute atomic E-state index is 5.73. The van der Waals surface area contributed by atoms with Crippen molar-refractivity contribution >= 4 is 17.2 Å². The molecule has 0 heterocycles. The largest absolute Gasteiger partial charge is 0.496 e. The number of thiocarbonyl (C=S) groups is 1. The van der Waals surface area contributed by atoms with Gasteiger partial charge in [0.1, 0.15) is 10.7 Å². The van der Waals surface area contributed by atoms with E-state index in [9.17, 15) is 0 Å². The van der Waals surface area contributed by atoms with Crippen LogP contribution in [0.4, 0.5) is 0 Å². The van der Waals surface area contributed by atoms with Gasteiger partial charge in [0.05, 0.1) is 12.7 Å². The van der Waals surface area contributed by atoms with Crippen LogP contribution in [0.25, 0.3) is 0 Å². The normalized spacial score (nSPS) is 16.1. The minimum Gasteiger partial charge on any atom is -0.496 e. The van der Waals surface area contributed by atoms with E-state index < -0.39 is 0 Å². The maximum Gasteiger partial charge on any atom is 0.129 e. The van der Waals surface area contributed by atoms with Gasteiger partial charge in [-0.3, -0.25) is 4.90 Å². The van der Waals surface area contributed by atoms with Gasteiger partial charge in [-0.15, -0.1) is 0 Å². The summed E-state index contributed by atoms with van der Waals surface area (Å²) in [5, 5.41) is 0. The molecule has 21 heavy (non-hydrogen) atoms. The van der Waals surface area contributed by atoms with E-state index in [0.29, 0.717) is 4.99 Å². The molecule has 1 fully saturated rings. The summed E-state index contributed by atoms with van der Waals surface area (Å²) in [5.74, 6) is 0.777. The van der Waals surface area contributed by atoms with E-state index in [-0.39, 0.29) is 0 Å². The van der Waals surface area contributed by atoms with Crippen LogP contribution in [0.1, 0.15) is 50.2 Å². The summed E-state index contributed by atoms with van der Waals surface area (Å²) in [6.07, 6.45) is 6.78. The fourth-order valence-corrected chi connectivity index (χ4v) is 3.39. The Morgan fingerprint density at radius 1 is 1.33 bits per heavy atom. The average molecular weight is 306 g/mol. The Kier molecular flexibility index (Phi) is 6.00. The molecular weight excluding hydrogens is 280 g/mol. The quantitative estimate of drug-likeness (QED) is 0.817. The Morgan fingerprint density at radius 2 is 2.05 bits per heavy atom. The van der Waals surface area contributed by atoms with E-state index in [1.165, 1.54) is 37.7 Å². The van der Waals surface area contributed by atoms with Crippen molar-refractivity contribution in [1.82, 2.24) is 4.90 Å². The molecule has 3 nitrogen and oxygen atoms in total. The molecular formula is C17H26N2OS. The molecule has 2 rings (SSSR count). The first kappa shape index (κ1) is 16.2. The first-order chi connectivity index (χ1) is 10.2. The Labute approximate surface area is 133 Å². The molecule has 1 aromatic carbocycles. The topological polar surface area (TPSA) is 38.5 Å². The van der Waals surface area contributed by atoms with Gasteiger partial charge >= 0.3 is 0 Å². The van der Waals surface area contributed by atoms with Gasteiger partial charge in [-0.05, 0) is 37.1 Å². The van der Waals surface area contributed by atoms with Crippen molar-refractivity contribution in [3.63, 3.8) is 0 Å². The van der Waals surface area contributed by atoms with Crippen molar-refractivity contribution in [1.29, 1.82) is 0 Å². The van der Waals surface area contributed by atoms with Crippen LogP contribution in [0.5, 0.6) is 5.75 Å². The predicted molar refractivity (Wildman–Crippen MR) is 91.8 cm³/mol. The zero-order chi connectivity index (χ0) is 15.2. The van der Waals surface area contributed by atoms with Gasteiger partial charge in [-0.25, -0.2) is 0 Å². The van der Waals surface area contributed by atoms with Crippen molar-refractivity contribution in [3.8, 4) is 5.75 Å². The number of rotatable bonds is 6. The maximum atomic E-state index is 5.73. The van der Waals surface area contributed by atoms with Crippen LogP contribution in [0.3, 0.4) is 0 Å². The zero-order valence-corrected chi connectivity index (χ0v) is 13.9. The molecule has 1 aliphatic carbocycles. The molecule has 4 heteroatoms. The third-order valence-electron chi connectivity index (χ3n) is 4.41. The second-order valence-electron chi connectivity index (χ2n) is 5.75. The molecule has 0 radical (unpaired) electrons. The van der Waals surface area contributed by atoms with E-state index in [0.717, 1.165) is 30.4 Å². The zero-order valence-electron chi connectivity index (χ0n) is 13.1. The third kappa shape index (κ3) is 4.17. The highest BCUT2D eigenvalue weighted by molar-refractivity contribution is 7.80. The molecule has 1 aromatic rings. The van der Waals surface area contributed by atoms with Crippen LogP contribution in [0, 0.1) is 0 Å². The van der Waals surface area contributed by atoms with E-state index in [2.05, 4.69) is 24.0 Å². The van der Waals surface area contributed by atoms with Gasteiger partial charge in [0.25, 0.3) is 0 Å². The van der Waals surface area contributed by atoms with Crippen LogP contribution in [0.2, 0.25) is 0 Å². The van der Waals surface area contributed by atoms with Gasteiger partial charge < -0.3 is 10.5 Å². The van der Waals surface area contributed by atoms with Crippen molar-refractivity contribution < 1.29 is 4.74 Å². The van der Waals surface area contributed by atoms with Gasteiger partial charge in [-0.2, -0.15) is 0 Å². The lowest BCUT2D eigenvalue weighted by molar-refractivity contribution is 0.156. The highest BCUT2D eigenvalue weighted by Gasteiger charge is 2.20. The number of hydrogen-bond donors (Lipinski definition) is 1. The number of hydrogen-bond acceptors (Lipinski definition) is 3. The summed E-state index contributed by atoms with van der Waals surface area (Å²) in [6.45, 7) is 4.30. The number of benzene rings is 1. The standard InChI is InChI=1S/C17H26N2OS/c1-3-19(14-7-5-4-6-8-14)12-13-9-10-15(17(18)21)16(11-13)20-2/h9-11,14H,3-8,12H2,1-2H3,(H2,18,21). The highest BCUT2D eigenvalue weighted by Crippen LogP contribution is 2.26. The highest BCUT2D eigenvalue weighted by atomic mass is 32.1. The Hall–Kier alpha value is -1.13. The van der Waals surface area contributed by atoms with Crippen LogP contribution >= 0.6 is 12.2 Å². The fourth-order valence-electron chi connectivity index (χ4n) is 3.22. The van der Waals surface area contributed by atoms with Gasteiger partial charge in [0, 0.05) is 12.6 Å². The molecule has 0 bridgehead atoms. The number of methoxy groups -OCH3 is 1. The molecule has 0 atom stereocenters. The Morgan fingerprint density at radius 3 is 2.62 bits per heavy atom. The van der Waals surface area contributed by atoms with Crippen molar-refractivity contribution in [2.24, 2.45) is 5.73 Å². The van der Waals surface area contributed by atoms with Crippen LogP contribution in [0.15, 0.2) is 18.2 Å². The van der Waals surface area contributed by atoms with Crippen LogP contribution in [-0.2, 0) is 6.54 Å². The Balaban J connectivity index is 2.11. The van der Waals surface area contributed by atoms with Crippen molar-refractivity contribution in [3.05, 3.63) is 29.3 Å². The second kappa shape index (κ2) is 7.76. The van der Waals surface area contributed by atoms with Gasteiger partial charge in [-0.1, -0.05) is 44.5 Å². The summed E-state index contributed by atoms with van der Waals surface area (Å²) >= 11 is 5.06. The monoisotopic (exact) mass is 306 g/mol. The lowest BCUT2D eigenvalue weighted by Crippen LogP contribution is -2.36.